The summed E-state index contributed by atoms with van der Waals surface area (Å²) in [6, 6.07) is 0. The Morgan fingerprint density at radius 3 is 3.21 bits per heavy atom. The Hall–Kier alpha value is -0.910. The molecule has 78 valence electrons. The molecule has 0 aromatic carbocycles. The van der Waals surface area contributed by atoms with Gasteiger partial charge < -0.3 is 9.67 Å². The molecule has 0 aliphatic carbocycles. The number of aromatic nitrogens is 2. The number of aliphatic hydroxyl groups excluding tert-OH is 1. The Labute approximate surface area is 82.9 Å². The van der Waals surface area contributed by atoms with Crippen LogP contribution in [0.25, 0.3) is 0 Å². The summed E-state index contributed by atoms with van der Waals surface area (Å²) < 4.78 is 2.06. The zero-order valence-corrected chi connectivity index (χ0v) is 8.26. The van der Waals surface area contributed by atoms with Gasteiger partial charge in [-0.05, 0) is 6.92 Å². The van der Waals surface area contributed by atoms with Crippen molar-refractivity contribution in [2.24, 2.45) is 0 Å². The fourth-order valence-corrected chi connectivity index (χ4v) is 1.59. The molecule has 0 amide bonds. The zero-order chi connectivity index (χ0) is 9.97. The molecule has 1 aliphatic rings. The van der Waals surface area contributed by atoms with E-state index in [1.807, 2.05) is 12.5 Å². The van der Waals surface area contributed by atoms with Gasteiger partial charge in [-0.15, -0.1) is 0 Å². The molecule has 1 aromatic heterocycles. The van der Waals surface area contributed by atoms with Crippen LogP contribution in [0.4, 0.5) is 0 Å². The predicted molar refractivity (Wildman–Crippen MR) is 50.3 cm³/mol. The number of aliphatic hydroxyl groups is 1. The summed E-state index contributed by atoms with van der Waals surface area (Å²) in [4.78, 5) is 9.35. The van der Waals surface area contributed by atoms with Crippen molar-refractivity contribution in [3.63, 3.8) is 0 Å². The molecule has 1 saturated heterocycles. The van der Waals surface area contributed by atoms with Gasteiger partial charge in [0.15, 0.2) is 0 Å². The third-order valence-corrected chi connectivity index (χ3v) is 2.34. The van der Waals surface area contributed by atoms with E-state index in [4.69, 9.17) is 4.84 Å². The van der Waals surface area contributed by atoms with E-state index in [-0.39, 0.29) is 6.10 Å². The van der Waals surface area contributed by atoms with E-state index in [0.717, 1.165) is 12.2 Å². The highest BCUT2D eigenvalue weighted by Gasteiger charge is 2.22. The van der Waals surface area contributed by atoms with Crippen molar-refractivity contribution < 1.29 is 9.94 Å². The topological polar surface area (TPSA) is 50.5 Å². The largest absolute Gasteiger partial charge is 0.389 e. The number of imidazole rings is 1. The number of hydrogen-bond acceptors (Lipinski definition) is 4. The van der Waals surface area contributed by atoms with E-state index in [2.05, 4.69) is 16.5 Å². The minimum Gasteiger partial charge on any atom is -0.389 e. The average Bonchev–Trinajstić information content (AvgIpc) is 2.76. The van der Waals surface area contributed by atoms with Crippen LogP contribution in [-0.4, -0.2) is 39.0 Å². The normalized spacial score (nSPS) is 23.1. The van der Waals surface area contributed by atoms with Crippen LogP contribution in [0.3, 0.4) is 0 Å². The SMILES string of the molecule is CCn1cncc1CN1CC(O)CO1. The highest BCUT2D eigenvalue weighted by Crippen LogP contribution is 2.10. The summed E-state index contributed by atoms with van der Waals surface area (Å²) in [6.45, 7) is 4.65. The minimum atomic E-state index is -0.354. The lowest BCUT2D eigenvalue weighted by atomic mass is 10.4. The van der Waals surface area contributed by atoms with Crippen molar-refractivity contribution in [2.75, 3.05) is 13.2 Å². The fourth-order valence-electron chi connectivity index (χ4n) is 1.59. The number of hydroxylamine groups is 2. The molecule has 2 heterocycles. The lowest BCUT2D eigenvalue weighted by molar-refractivity contribution is -0.119. The average molecular weight is 197 g/mol. The smallest absolute Gasteiger partial charge is 0.0958 e. The maximum Gasteiger partial charge on any atom is 0.0958 e. The van der Waals surface area contributed by atoms with Crippen molar-refractivity contribution in [1.82, 2.24) is 14.6 Å². The Kier molecular flexibility index (Phi) is 2.81. The van der Waals surface area contributed by atoms with E-state index < -0.39 is 0 Å². The summed E-state index contributed by atoms with van der Waals surface area (Å²) in [5, 5.41) is 11.0. The molecule has 1 fully saturated rings. The van der Waals surface area contributed by atoms with Gasteiger partial charge >= 0.3 is 0 Å². The van der Waals surface area contributed by atoms with Gasteiger partial charge in [0.25, 0.3) is 0 Å². The van der Waals surface area contributed by atoms with E-state index in [1.165, 1.54) is 0 Å². The lowest BCUT2D eigenvalue weighted by Crippen LogP contribution is -2.21. The molecule has 14 heavy (non-hydrogen) atoms. The highest BCUT2D eigenvalue weighted by molar-refractivity contribution is 4.97. The van der Waals surface area contributed by atoms with Crippen molar-refractivity contribution in [3.8, 4) is 0 Å². The van der Waals surface area contributed by atoms with E-state index in [0.29, 0.717) is 19.7 Å². The fraction of sp³-hybridized carbons (Fsp3) is 0.667. The molecule has 2 rings (SSSR count). The first kappa shape index (κ1) is 9.64. The van der Waals surface area contributed by atoms with Gasteiger partial charge in [0.2, 0.25) is 0 Å². The highest BCUT2D eigenvalue weighted by atomic mass is 16.7. The van der Waals surface area contributed by atoms with Gasteiger partial charge in [-0.3, -0.25) is 4.84 Å². The van der Waals surface area contributed by atoms with Crippen LogP contribution >= 0.6 is 0 Å². The first-order valence-corrected chi connectivity index (χ1v) is 4.84. The second-order valence-electron chi connectivity index (χ2n) is 3.44. The third-order valence-electron chi connectivity index (χ3n) is 2.34. The number of nitrogens with zero attached hydrogens (tertiary/aromatic N) is 3. The monoisotopic (exact) mass is 197 g/mol. The summed E-state index contributed by atoms with van der Waals surface area (Å²) in [5.74, 6) is 0. The van der Waals surface area contributed by atoms with Gasteiger partial charge in [-0.1, -0.05) is 0 Å². The third kappa shape index (κ3) is 1.95. The zero-order valence-electron chi connectivity index (χ0n) is 8.26. The van der Waals surface area contributed by atoms with Crippen LogP contribution in [0.15, 0.2) is 12.5 Å². The van der Waals surface area contributed by atoms with E-state index in [9.17, 15) is 5.11 Å². The predicted octanol–water partition coefficient (Wildman–Crippen LogP) is 0.0111. The van der Waals surface area contributed by atoms with Gasteiger partial charge in [0, 0.05) is 12.7 Å². The molecule has 0 bridgehead atoms. The minimum absolute atomic E-state index is 0.354. The number of aryl methyl sites for hydroxylation is 1. The summed E-state index contributed by atoms with van der Waals surface area (Å²) in [6.07, 6.45) is 3.28. The Balaban J connectivity index is 1.97. The van der Waals surface area contributed by atoms with Crippen LogP contribution < -0.4 is 0 Å². The van der Waals surface area contributed by atoms with Crippen LogP contribution in [0.1, 0.15) is 12.6 Å². The molecule has 1 N–H and O–H groups in total. The molecule has 1 aliphatic heterocycles. The van der Waals surface area contributed by atoms with Gasteiger partial charge in [0.1, 0.15) is 0 Å². The van der Waals surface area contributed by atoms with Crippen LogP contribution in [0.2, 0.25) is 0 Å². The van der Waals surface area contributed by atoms with E-state index >= 15 is 0 Å². The van der Waals surface area contributed by atoms with Crippen molar-refractivity contribution >= 4 is 0 Å². The summed E-state index contributed by atoms with van der Waals surface area (Å²) in [5.41, 5.74) is 1.11. The molecule has 5 nitrogen and oxygen atoms in total. The molecule has 0 spiro atoms. The first-order valence-electron chi connectivity index (χ1n) is 4.84. The van der Waals surface area contributed by atoms with Gasteiger partial charge in [-0.2, -0.15) is 5.06 Å². The number of rotatable bonds is 3. The second-order valence-corrected chi connectivity index (χ2v) is 3.44. The maximum absolute atomic E-state index is 9.27. The molecular weight excluding hydrogens is 182 g/mol. The van der Waals surface area contributed by atoms with Crippen molar-refractivity contribution in [3.05, 3.63) is 18.2 Å². The maximum atomic E-state index is 9.27. The standard InChI is InChI=1S/C9H15N3O2/c1-2-11-7-10-3-8(11)4-12-5-9(13)6-14-12/h3,7,9,13H,2,4-6H2,1H3. The van der Waals surface area contributed by atoms with Crippen LogP contribution in [0.5, 0.6) is 0 Å². The molecule has 1 aromatic rings. The van der Waals surface area contributed by atoms with Crippen LogP contribution in [-0.2, 0) is 17.9 Å². The number of β-amino-alcohol motifs (C(OH)–C–C–N with tert-alkyl or cyclic N) is 1. The Morgan fingerprint density at radius 1 is 1.71 bits per heavy atom. The van der Waals surface area contributed by atoms with Crippen molar-refractivity contribution in [1.29, 1.82) is 0 Å². The summed E-state index contributed by atoms with van der Waals surface area (Å²) in [7, 11) is 0. The second kappa shape index (κ2) is 4.08. The number of hydrogen-bond donors (Lipinski definition) is 1. The molecule has 0 radical (unpaired) electrons. The quantitative estimate of drug-likeness (QED) is 0.741. The van der Waals surface area contributed by atoms with Gasteiger partial charge in [0.05, 0.1) is 37.8 Å². The molecule has 0 saturated carbocycles. The Bertz CT molecular complexity index is 300. The van der Waals surface area contributed by atoms with Gasteiger partial charge in [-0.25, -0.2) is 4.98 Å². The summed E-state index contributed by atoms with van der Waals surface area (Å²) >= 11 is 0. The first-order chi connectivity index (χ1) is 6.79. The molecular formula is C9H15N3O2. The van der Waals surface area contributed by atoms with E-state index in [1.54, 1.807) is 5.06 Å². The van der Waals surface area contributed by atoms with Crippen molar-refractivity contribution in [2.45, 2.75) is 26.1 Å². The molecule has 1 atom stereocenters. The van der Waals surface area contributed by atoms with Crippen LogP contribution in [0, 0.1) is 0 Å². The molecule has 5 heteroatoms. The Morgan fingerprint density at radius 2 is 2.57 bits per heavy atom. The lowest BCUT2D eigenvalue weighted by Gasteiger charge is -2.14. The molecule has 1 unspecified atom stereocenters.